The van der Waals surface area contributed by atoms with Gasteiger partial charge in [-0.05, 0) is 19.0 Å². The summed E-state index contributed by atoms with van der Waals surface area (Å²) in [4.78, 5) is 7.54. The first-order valence-electron chi connectivity index (χ1n) is 4.43. The molecule has 0 spiro atoms. The summed E-state index contributed by atoms with van der Waals surface area (Å²) in [6.45, 7) is 1.25. The first-order chi connectivity index (χ1) is 6.71. The van der Waals surface area contributed by atoms with Gasteiger partial charge in [0.25, 0.3) is 0 Å². The van der Waals surface area contributed by atoms with Crippen molar-refractivity contribution < 1.29 is 8.42 Å². The molecule has 0 radical (unpaired) electrons. The Morgan fingerprint density at radius 2 is 2.07 bits per heavy atom. The Hall–Kier alpha value is -1.01. The highest BCUT2D eigenvalue weighted by Crippen LogP contribution is 2.15. The van der Waals surface area contributed by atoms with Crippen LogP contribution in [-0.4, -0.2) is 36.7 Å². The van der Waals surface area contributed by atoms with Crippen LogP contribution in [0.2, 0.25) is 0 Å². The lowest BCUT2D eigenvalue weighted by molar-refractivity contribution is 0.573. The highest BCUT2D eigenvalue weighted by atomic mass is 32.2. The van der Waals surface area contributed by atoms with Gasteiger partial charge in [0.1, 0.15) is 0 Å². The van der Waals surface area contributed by atoms with Crippen molar-refractivity contribution in [3.63, 3.8) is 0 Å². The van der Waals surface area contributed by atoms with Gasteiger partial charge < -0.3 is 5.32 Å². The third kappa shape index (κ3) is 1.62. The number of rotatable bonds is 2. The normalized spacial score (nSPS) is 22.4. The maximum Gasteiger partial charge on any atom is 0.247 e. The van der Waals surface area contributed by atoms with Gasteiger partial charge in [-0.15, -0.1) is 0 Å². The van der Waals surface area contributed by atoms with Crippen LogP contribution in [0.3, 0.4) is 0 Å². The van der Waals surface area contributed by atoms with E-state index >= 15 is 0 Å². The lowest BCUT2D eigenvalue weighted by Gasteiger charge is -2.07. The fourth-order valence-electron chi connectivity index (χ4n) is 1.47. The molecule has 1 fully saturated rings. The third-order valence-corrected chi connectivity index (χ3v) is 4.25. The minimum atomic E-state index is -3.32. The molecule has 1 N–H and O–H groups in total. The van der Waals surface area contributed by atoms with Gasteiger partial charge in [-0.3, -0.25) is 0 Å². The Morgan fingerprint density at radius 1 is 1.36 bits per heavy atom. The molecule has 14 heavy (non-hydrogen) atoms. The molecule has 0 unspecified atom stereocenters. The SMILES string of the molecule is O=S(=O)(c1ncccn1)[C@H]1CCNC1. The predicted molar refractivity (Wildman–Crippen MR) is 50.5 cm³/mol. The summed E-state index contributed by atoms with van der Waals surface area (Å²) >= 11 is 0. The van der Waals surface area contributed by atoms with Gasteiger partial charge in [-0.2, -0.15) is 0 Å². The molecule has 5 nitrogen and oxygen atoms in total. The van der Waals surface area contributed by atoms with Crippen molar-refractivity contribution in [1.29, 1.82) is 0 Å². The largest absolute Gasteiger partial charge is 0.315 e. The van der Waals surface area contributed by atoms with Gasteiger partial charge in [0.2, 0.25) is 15.0 Å². The maximum atomic E-state index is 11.9. The average Bonchev–Trinajstić information content (AvgIpc) is 2.72. The van der Waals surface area contributed by atoms with E-state index in [1.165, 1.54) is 12.4 Å². The molecule has 1 aromatic rings. The van der Waals surface area contributed by atoms with Crippen LogP contribution in [0.25, 0.3) is 0 Å². The van der Waals surface area contributed by atoms with Gasteiger partial charge >= 0.3 is 0 Å². The molecule has 2 rings (SSSR count). The second kappa shape index (κ2) is 3.62. The van der Waals surface area contributed by atoms with Crippen LogP contribution < -0.4 is 5.32 Å². The second-order valence-electron chi connectivity index (χ2n) is 3.19. The van der Waals surface area contributed by atoms with Crippen LogP contribution in [-0.2, 0) is 9.84 Å². The van der Waals surface area contributed by atoms with Crippen molar-refractivity contribution in [3.8, 4) is 0 Å². The zero-order chi connectivity index (χ0) is 10.0. The Morgan fingerprint density at radius 3 is 2.64 bits per heavy atom. The van der Waals surface area contributed by atoms with Gasteiger partial charge in [-0.1, -0.05) is 0 Å². The predicted octanol–water partition coefficient (Wildman–Crippen LogP) is -0.388. The summed E-state index contributed by atoms with van der Waals surface area (Å²) in [5, 5.41) is 2.58. The summed E-state index contributed by atoms with van der Waals surface area (Å²) in [6.07, 6.45) is 3.53. The highest BCUT2D eigenvalue weighted by molar-refractivity contribution is 7.91. The van der Waals surface area contributed by atoms with Crippen LogP contribution in [0.4, 0.5) is 0 Å². The molecule has 0 saturated carbocycles. The highest BCUT2D eigenvalue weighted by Gasteiger charge is 2.32. The van der Waals surface area contributed by atoms with Gasteiger partial charge in [0, 0.05) is 18.9 Å². The van der Waals surface area contributed by atoms with E-state index in [0.717, 1.165) is 6.54 Å². The van der Waals surface area contributed by atoms with Gasteiger partial charge in [0.15, 0.2) is 0 Å². The van der Waals surface area contributed by atoms with E-state index in [-0.39, 0.29) is 10.4 Å². The van der Waals surface area contributed by atoms with E-state index in [1.807, 2.05) is 0 Å². The van der Waals surface area contributed by atoms with E-state index in [0.29, 0.717) is 13.0 Å². The maximum absolute atomic E-state index is 11.9. The molecule has 1 aliphatic rings. The van der Waals surface area contributed by atoms with Crippen LogP contribution >= 0.6 is 0 Å². The van der Waals surface area contributed by atoms with Gasteiger partial charge in [-0.25, -0.2) is 18.4 Å². The number of hydrogen-bond acceptors (Lipinski definition) is 5. The van der Waals surface area contributed by atoms with Crippen LogP contribution in [0.5, 0.6) is 0 Å². The second-order valence-corrected chi connectivity index (χ2v) is 5.31. The molecular formula is C8H11N3O2S. The molecule has 1 aromatic heterocycles. The Kier molecular flexibility index (Phi) is 2.47. The zero-order valence-corrected chi connectivity index (χ0v) is 8.37. The third-order valence-electron chi connectivity index (χ3n) is 2.25. The topological polar surface area (TPSA) is 72.0 Å². The Balaban J connectivity index is 2.33. The smallest absolute Gasteiger partial charge is 0.247 e. The van der Waals surface area contributed by atoms with Crippen molar-refractivity contribution in [2.45, 2.75) is 16.8 Å². The Bertz CT molecular complexity index is 398. The van der Waals surface area contributed by atoms with Gasteiger partial charge in [0.05, 0.1) is 5.25 Å². The molecule has 1 atom stereocenters. The molecule has 0 bridgehead atoms. The van der Waals surface area contributed by atoms with Crippen molar-refractivity contribution in [2.75, 3.05) is 13.1 Å². The molecule has 2 heterocycles. The number of sulfone groups is 1. The number of nitrogens with zero attached hydrogens (tertiary/aromatic N) is 2. The fourth-order valence-corrected chi connectivity index (χ4v) is 2.95. The van der Waals surface area contributed by atoms with E-state index in [1.54, 1.807) is 6.07 Å². The van der Waals surface area contributed by atoms with E-state index in [9.17, 15) is 8.42 Å². The average molecular weight is 213 g/mol. The summed E-state index contributed by atoms with van der Waals surface area (Å²) < 4.78 is 23.7. The lowest BCUT2D eigenvalue weighted by atomic mass is 10.4. The molecule has 6 heteroatoms. The number of aromatic nitrogens is 2. The van der Waals surface area contributed by atoms with Crippen molar-refractivity contribution in [1.82, 2.24) is 15.3 Å². The summed E-state index contributed by atoms with van der Waals surface area (Å²) in [7, 11) is -3.32. The Labute approximate surface area is 82.5 Å². The molecule has 0 aliphatic carbocycles. The summed E-state index contributed by atoms with van der Waals surface area (Å²) in [5.74, 6) is 0. The quantitative estimate of drug-likeness (QED) is 0.677. The van der Waals surface area contributed by atoms with Crippen molar-refractivity contribution >= 4 is 9.84 Å². The lowest BCUT2D eigenvalue weighted by Crippen LogP contribution is -2.25. The fraction of sp³-hybridized carbons (Fsp3) is 0.500. The molecule has 0 aromatic carbocycles. The minimum absolute atomic E-state index is 0.0614. The van der Waals surface area contributed by atoms with E-state index in [2.05, 4.69) is 15.3 Å². The standard InChI is InChI=1S/C8H11N3O2S/c12-14(13,7-2-5-9-6-7)8-10-3-1-4-11-8/h1,3-4,7,9H,2,5-6H2/t7-/m0/s1. The first-order valence-corrected chi connectivity index (χ1v) is 5.97. The molecule has 1 aliphatic heterocycles. The van der Waals surface area contributed by atoms with Crippen LogP contribution in [0, 0.1) is 0 Å². The number of hydrogen-bond donors (Lipinski definition) is 1. The molecule has 0 amide bonds. The van der Waals surface area contributed by atoms with Crippen molar-refractivity contribution in [3.05, 3.63) is 18.5 Å². The molecular weight excluding hydrogens is 202 g/mol. The molecule has 1 saturated heterocycles. The van der Waals surface area contributed by atoms with E-state index < -0.39 is 9.84 Å². The first kappa shape index (κ1) is 9.54. The number of nitrogens with one attached hydrogen (secondary N) is 1. The van der Waals surface area contributed by atoms with Crippen LogP contribution in [0.15, 0.2) is 23.6 Å². The summed E-state index contributed by atoms with van der Waals surface area (Å²) in [6, 6.07) is 1.60. The monoisotopic (exact) mass is 213 g/mol. The van der Waals surface area contributed by atoms with Crippen LogP contribution in [0.1, 0.15) is 6.42 Å². The molecule has 76 valence electrons. The van der Waals surface area contributed by atoms with Crippen molar-refractivity contribution in [2.24, 2.45) is 0 Å². The minimum Gasteiger partial charge on any atom is -0.315 e. The summed E-state index contributed by atoms with van der Waals surface area (Å²) in [5.41, 5.74) is 0. The van der Waals surface area contributed by atoms with E-state index in [4.69, 9.17) is 0 Å². The zero-order valence-electron chi connectivity index (χ0n) is 7.55.